The van der Waals surface area contributed by atoms with Gasteiger partial charge < -0.3 is 9.73 Å². The van der Waals surface area contributed by atoms with Crippen LogP contribution in [-0.2, 0) is 6.54 Å². The average molecular weight is 322 g/mol. The molecule has 5 heteroatoms. The van der Waals surface area contributed by atoms with Crippen LogP contribution in [-0.4, -0.2) is 10.9 Å². The molecule has 2 aromatic heterocycles. The van der Waals surface area contributed by atoms with Crippen molar-refractivity contribution in [3.8, 4) is 0 Å². The van der Waals surface area contributed by atoms with Crippen LogP contribution < -0.4 is 10.9 Å². The Kier molecular flexibility index (Phi) is 4.42. The molecule has 2 heterocycles. The van der Waals surface area contributed by atoms with Gasteiger partial charge in [-0.15, -0.1) is 0 Å². The second-order valence-corrected chi connectivity index (χ2v) is 5.93. The summed E-state index contributed by atoms with van der Waals surface area (Å²) < 4.78 is 5.25. The summed E-state index contributed by atoms with van der Waals surface area (Å²) >= 11 is 0. The van der Waals surface area contributed by atoms with Crippen LogP contribution in [0.4, 0.5) is 0 Å². The van der Waals surface area contributed by atoms with E-state index in [4.69, 9.17) is 4.42 Å². The third-order valence-electron chi connectivity index (χ3n) is 3.88. The van der Waals surface area contributed by atoms with E-state index in [1.165, 1.54) is 12.3 Å². The maximum atomic E-state index is 12.2. The topological polar surface area (TPSA) is 72.2 Å². The van der Waals surface area contributed by atoms with Crippen LogP contribution in [0, 0.1) is 0 Å². The van der Waals surface area contributed by atoms with E-state index >= 15 is 0 Å². The monoisotopic (exact) mass is 322 g/mol. The summed E-state index contributed by atoms with van der Waals surface area (Å²) in [6, 6.07) is 10.6. The molecule has 0 bridgehead atoms. The molecule has 24 heavy (non-hydrogen) atoms. The highest BCUT2D eigenvalue weighted by Gasteiger charge is 2.10. The lowest BCUT2D eigenvalue weighted by Gasteiger charge is -2.10. The lowest BCUT2D eigenvalue weighted by molar-refractivity contribution is 0.0950. The van der Waals surface area contributed by atoms with Crippen LogP contribution in [0.5, 0.6) is 0 Å². The second kappa shape index (κ2) is 6.66. The van der Waals surface area contributed by atoms with Gasteiger partial charge in [-0.05, 0) is 41.3 Å². The van der Waals surface area contributed by atoms with Gasteiger partial charge in [0.2, 0.25) is 0 Å². The van der Waals surface area contributed by atoms with E-state index in [1.807, 2.05) is 12.1 Å². The fourth-order valence-electron chi connectivity index (χ4n) is 2.53. The number of fused-ring (bicyclic) bond motifs is 1. The predicted molar refractivity (Wildman–Crippen MR) is 92.0 cm³/mol. The maximum absolute atomic E-state index is 12.2. The van der Waals surface area contributed by atoms with E-state index < -0.39 is 5.63 Å². The second-order valence-electron chi connectivity index (χ2n) is 5.93. The van der Waals surface area contributed by atoms with Crippen LogP contribution in [0.2, 0.25) is 0 Å². The number of rotatable bonds is 4. The largest absolute Gasteiger partial charge is 0.423 e. The van der Waals surface area contributed by atoms with E-state index in [0.29, 0.717) is 17.1 Å². The first-order valence-corrected chi connectivity index (χ1v) is 7.79. The molecule has 3 rings (SSSR count). The van der Waals surface area contributed by atoms with Crippen molar-refractivity contribution in [2.45, 2.75) is 26.3 Å². The summed E-state index contributed by atoms with van der Waals surface area (Å²) in [5, 5.41) is 3.66. The Hall–Kier alpha value is -2.95. The number of carbonyl (C=O) groups is 1. The van der Waals surface area contributed by atoms with Crippen molar-refractivity contribution < 1.29 is 9.21 Å². The van der Waals surface area contributed by atoms with Gasteiger partial charge in [0.15, 0.2) is 0 Å². The van der Waals surface area contributed by atoms with Gasteiger partial charge in [0.1, 0.15) is 5.58 Å². The van der Waals surface area contributed by atoms with Crippen molar-refractivity contribution in [2.24, 2.45) is 0 Å². The van der Waals surface area contributed by atoms with Gasteiger partial charge in [-0.25, -0.2) is 4.79 Å². The Balaban J connectivity index is 1.92. The lowest BCUT2D eigenvalue weighted by Crippen LogP contribution is -2.23. The van der Waals surface area contributed by atoms with Gasteiger partial charge in [0, 0.05) is 30.4 Å². The number of aromatic nitrogens is 1. The van der Waals surface area contributed by atoms with E-state index in [0.717, 1.165) is 16.5 Å². The Morgan fingerprint density at radius 3 is 2.79 bits per heavy atom. The van der Waals surface area contributed by atoms with Crippen molar-refractivity contribution in [2.75, 3.05) is 0 Å². The smallest absolute Gasteiger partial charge is 0.336 e. The number of amides is 1. The zero-order valence-corrected chi connectivity index (χ0v) is 13.6. The summed E-state index contributed by atoms with van der Waals surface area (Å²) in [7, 11) is 0. The molecule has 0 unspecified atom stereocenters. The fourth-order valence-corrected chi connectivity index (χ4v) is 2.53. The highest BCUT2D eigenvalue weighted by atomic mass is 16.4. The Bertz CT molecular complexity index is 930. The highest BCUT2D eigenvalue weighted by Crippen LogP contribution is 2.23. The molecule has 0 aliphatic rings. The molecule has 0 atom stereocenters. The Morgan fingerprint density at radius 1 is 1.25 bits per heavy atom. The van der Waals surface area contributed by atoms with Crippen LogP contribution >= 0.6 is 0 Å². The number of nitrogens with one attached hydrogen (secondary N) is 1. The number of hydrogen-bond donors (Lipinski definition) is 1. The molecule has 5 nitrogen and oxygen atoms in total. The summed E-state index contributed by atoms with van der Waals surface area (Å²) in [4.78, 5) is 27.8. The number of benzene rings is 1. The van der Waals surface area contributed by atoms with Gasteiger partial charge in [-0.3, -0.25) is 9.78 Å². The standard InChI is InChI=1S/C19H18N2O3/c1-12(2)13-5-6-17-16(8-13)15(9-18(22)24-17)11-21-19(23)14-4-3-7-20-10-14/h3-10,12H,11H2,1-2H3,(H,21,23). The number of nitrogens with zero attached hydrogens (tertiary/aromatic N) is 1. The van der Waals surface area contributed by atoms with Crippen LogP contribution in [0.3, 0.4) is 0 Å². The number of pyridine rings is 1. The first-order valence-electron chi connectivity index (χ1n) is 7.79. The molecule has 1 N–H and O–H groups in total. The molecule has 0 radical (unpaired) electrons. The average Bonchev–Trinajstić information content (AvgIpc) is 2.59. The number of carbonyl (C=O) groups excluding carboxylic acids is 1. The molecule has 1 aromatic carbocycles. The summed E-state index contributed by atoms with van der Waals surface area (Å²) in [5.74, 6) is 0.128. The fraction of sp³-hybridized carbons (Fsp3) is 0.211. The number of hydrogen-bond acceptors (Lipinski definition) is 4. The van der Waals surface area contributed by atoms with Crippen LogP contribution in [0.1, 0.15) is 41.3 Å². The SMILES string of the molecule is CC(C)c1ccc2oc(=O)cc(CNC(=O)c3cccnc3)c2c1. The molecule has 0 saturated carbocycles. The zero-order valence-electron chi connectivity index (χ0n) is 13.6. The third kappa shape index (κ3) is 3.35. The van der Waals surface area contributed by atoms with Gasteiger partial charge in [-0.1, -0.05) is 19.9 Å². The zero-order chi connectivity index (χ0) is 17.1. The summed E-state index contributed by atoms with van der Waals surface area (Å²) in [5.41, 5.74) is 2.47. The predicted octanol–water partition coefficient (Wildman–Crippen LogP) is 3.24. The van der Waals surface area contributed by atoms with Crippen molar-refractivity contribution in [3.05, 3.63) is 75.9 Å². The minimum absolute atomic E-state index is 0.232. The van der Waals surface area contributed by atoms with Crippen LogP contribution in [0.15, 0.2) is 58.0 Å². The minimum atomic E-state index is -0.426. The quantitative estimate of drug-likeness (QED) is 0.749. The molecule has 0 fully saturated rings. The highest BCUT2D eigenvalue weighted by molar-refractivity contribution is 5.94. The molecular formula is C19H18N2O3. The Morgan fingerprint density at radius 2 is 2.08 bits per heavy atom. The molecule has 1 amide bonds. The molecule has 0 aliphatic heterocycles. The van der Waals surface area contributed by atoms with Gasteiger partial charge >= 0.3 is 5.63 Å². The van der Waals surface area contributed by atoms with Gasteiger partial charge in [-0.2, -0.15) is 0 Å². The lowest BCUT2D eigenvalue weighted by atomic mass is 9.99. The van der Waals surface area contributed by atoms with Crippen molar-refractivity contribution in [1.29, 1.82) is 0 Å². The van der Waals surface area contributed by atoms with Crippen LogP contribution in [0.25, 0.3) is 11.0 Å². The van der Waals surface area contributed by atoms with Crippen molar-refractivity contribution >= 4 is 16.9 Å². The van der Waals surface area contributed by atoms with Gasteiger partial charge in [0.25, 0.3) is 5.91 Å². The molecule has 0 saturated heterocycles. The molecule has 0 spiro atoms. The minimum Gasteiger partial charge on any atom is -0.423 e. The maximum Gasteiger partial charge on any atom is 0.336 e. The summed E-state index contributed by atoms with van der Waals surface area (Å²) in [6.07, 6.45) is 3.11. The van der Waals surface area contributed by atoms with Gasteiger partial charge in [0.05, 0.1) is 5.56 Å². The normalized spacial score (nSPS) is 11.0. The van der Waals surface area contributed by atoms with E-state index in [-0.39, 0.29) is 12.5 Å². The first-order chi connectivity index (χ1) is 11.5. The summed E-state index contributed by atoms with van der Waals surface area (Å²) in [6.45, 7) is 4.45. The molecular weight excluding hydrogens is 304 g/mol. The molecule has 0 aliphatic carbocycles. The molecule has 3 aromatic rings. The van der Waals surface area contributed by atoms with E-state index in [9.17, 15) is 9.59 Å². The van der Waals surface area contributed by atoms with E-state index in [2.05, 4.69) is 24.1 Å². The third-order valence-corrected chi connectivity index (χ3v) is 3.88. The van der Waals surface area contributed by atoms with E-state index in [1.54, 1.807) is 24.4 Å². The van der Waals surface area contributed by atoms with Crippen molar-refractivity contribution in [1.82, 2.24) is 10.3 Å². The first kappa shape index (κ1) is 15.9. The molecule has 122 valence electrons. The Labute approximate surface area is 139 Å². The van der Waals surface area contributed by atoms with Crippen molar-refractivity contribution in [3.63, 3.8) is 0 Å².